The van der Waals surface area contributed by atoms with Crippen molar-refractivity contribution in [3.63, 3.8) is 0 Å². The zero-order valence-electron chi connectivity index (χ0n) is 12.0. The molecule has 0 N–H and O–H groups in total. The van der Waals surface area contributed by atoms with E-state index in [1.54, 1.807) is 6.08 Å². The van der Waals surface area contributed by atoms with Crippen molar-refractivity contribution in [2.75, 3.05) is 5.75 Å². The quantitative estimate of drug-likeness (QED) is 0.534. The molecule has 18 heavy (non-hydrogen) atoms. The molecule has 0 unspecified atom stereocenters. The van der Waals surface area contributed by atoms with E-state index in [1.807, 2.05) is 6.92 Å². The Labute approximate surface area is 113 Å². The zero-order valence-corrected chi connectivity index (χ0v) is 12.9. The van der Waals surface area contributed by atoms with Gasteiger partial charge < -0.3 is 0 Å². The summed E-state index contributed by atoms with van der Waals surface area (Å²) >= 11 is 0. The Balaban J connectivity index is 3.93. The summed E-state index contributed by atoms with van der Waals surface area (Å²) in [5.74, 6) is 0.171. The molecule has 0 atom stereocenters. The highest BCUT2D eigenvalue weighted by atomic mass is 32.2. The summed E-state index contributed by atoms with van der Waals surface area (Å²) < 4.78 is 20.9. The molecule has 0 aliphatic heterocycles. The standard InChI is InChI=1S/C15H26O2S/c1-13(2)7-5-8-14(3)9-6-10-15(4)11-12-18(16)17/h7,9,11,18H,5-6,8,10,12H2,1-4H3. The fourth-order valence-electron chi connectivity index (χ4n) is 1.57. The minimum Gasteiger partial charge on any atom is -0.232 e. The lowest BCUT2D eigenvalue weighted by molar-refractivity contribution is 0.617. The fraction of sp³-hybridized carbons (Fsp3) is 0.600. The highest BCUT2D eigenvalue weighted by molar-refractivity contribution is 7.72. The van der Waals surface area contributed by atoms with Crippen LogP contribution in [0.4, 0.5) is 0 Å². The van der Waals surface area contributed by atoms with Crippen molar-refractivity contribution in [1.82, 2.24) is 0 Å². The van der Waals surface area contributed by atoms with Crippen molar-refractivity contribution in [1.29, 1.82) is 0 Å². The molecule has 3 heteroatoms. The third kappa shape index (κ3) is 11.6. The van der Waals surface area contributed by atoms with Gasteiger partial charge in [-0.05, 0) is 53.4 Å². The summed E-state index contributed by atoms with van der Waals surface area (Å²) in [6.45, 7) is 8.39. The average Bonchev–Trinajstić information content (AvgIpc) is 2.25. The highest BCUT2D eigenvalue weighted by Crippen LogP contribution is 2.11. The minimum atomic E-state index is -2.27. The van der Waals surface area contributed by atoms with Crippen molar-refractivity contribution < 1.29 is 8.42 Å². The summed E-state index contributed by atoms with van der Waals surface area (Å²) in [5, 5.41) is 0. The molecule has 0 aromatic carbocycles. The summed E-state index contributed by atoms with van der Waals surface area (Å²) in [6, 6.07) is 0. The van der Waals surface area contributed by atoms with E-state index < -0.39 is 10.7 Å². The van der Waals surface area contributed by atoms with Gasteiger partial charge in [0.15, 0.2) is 0 Å². The van der Waals surface area contributed by atoms with Gasteiger partial charge in [0.2, 0.25) is 0 Å². The van der Waals surface area contributed by atoms with E-state index in [1.165, 1.54) is 11.1 Å². The van der Waals surface area contributed by atoms with Crippen LogP contribution in [0.5, 0.6) is 0 Å². The maximum atomic E-state index is 10.4. The van der Waals surface area contributed by atoms with Crippen LogP contribution in [-0.4, -0.2) is 14.2 Å². The maximum Gasteiger partial charge on any atom is 0.143 e. The number of hydrogen-bond donors (Lipinski definition) is 1. The first-order valence-electron chi connectivity index (χ1n) is 6.48. The predicted octanol–water partition coefficient (Wildman–Crippen LogP) is 4.02. The molecule has 0 saturated carbocycles. The monoisotopic (exact) mass is 270 g/mol. The lowest BCUT2D eigenvalue weighted by Crippen LogP contribution is -1.85. The smallest absolute Gasteiger partial charge is 0.143 e. The molecule has 104 valence electrons. The molecule has 0 bridgehead atoms. The van der Waals surface area contributed by atoms with Crippen LogP contribution in [-0.2, 0) is 10.7 Å². The van der Waals surface area contributed by atoms with Gasteiger partial charge in [-0.2, -0.15) is 0 Å². The van der Waals surface area contributed by atoms with Gasteiger partial charge in [-0.1, -0.05) is 34.9 Å². The number of rotatable bonds is 8. The first kappa shape index (κ1) is 17.2. The third-order valence-electron chi connectivity index (χ3n) is 2.71. The van der Waals surface area contributed by atoms with Crippen LogP contribution in [0.2, 0.25) is 0 Å². The van der Waals surface area contributed by atoms with Crippen LogP contribution in [0, 0.1) is 0 Å². The van der Waals surface area contributed by atoms with Crippen molar-refractivity contribution in [3.8, 4) is 0 Å². The van der Waals surface area contributed by atoms with E-state index in [-0.39, 0.29) is 5.75 Å². The molecule has 0 heterocycles. The zero-order chi connectivity index (χ0) is 14.0. The third-order valence-corrected chi connectivity index (χ3v) is 3.19. The number of allylic oxidation sites excluding steroid dienone is 5. The van der Waals surface area contributed by atoms with E-state index in [0.29, 0.717) is 0 Å². The Morgan fingerprint density at radius 2 is 1.33 bits per heavy atom. The van der Waals surface area contributed by atoms with Gasteiger partial charge in [-0.15, -0.1) is 0 Å². The van der Waals surface area contributed by atoms with Crippen LogP contribution in [0.15, 0.2) is 34.9 Å². The molecule has 0 radical (unpaired) electrons. The van der Waals surface area contributed by atoms with E-state index in [4.69, 9.17) is 0 Å². The number of hydrogen-bond acceptors (Lipinski definition) is 2. The normalized spacial score (nSPS) is 12.9. The lowest BCUT2D eigenvalue weighted by Gasteiger charge is -2.00. The molecular weight excluding hydrogens is 244 g/mol. The van der Waals surface area contributed by atoms with E-state index in [9.17, 15) is 8.42 Å². The van der Waals surface area contributed by atoms with Crippen molar-refractivity contribution in [3.05, 3.63) is 34.9 Å². The molecule has 0 spiro atoms. The van der Waals surface area contributed by atoms with E-state index >= 15 is 0 Å². The summed E-state index contributed by atoms with van der Waals surface area (Å²) in [4.78, 5) is 0. The first-order chi connectivity index (χ1) is 8.41. The Morgan fingerprint density at radius 1 is 0.833 bits per heavy atom. The van der Waals surface area contributed by atoms with Crippen molar-refractivity contribution in [2.24, 2.45) is 0 Å². The Hall–Kier alpha value is -0.830. The Kier molecular flexibility index (Phi) is 9.66. The number of thiol groups is 1. The summed E-state index contributed by atoms with van der Waals surface area (Å²) in [6.07, 6.45) is 10.5. The lowest BCUT2D eigenvalue weighted by atomic mass is 10.1. The van der Waals surface area contributed by atoms with Gasteiger partial charge in [-0.3, -0.25) is 0 Å². The Bertz CT molecular complexity index is 387. The molecule has 0 saturated heterocycles. The first-order valence-corrected chi connectivity index (χ1v) is 7.84. The molecule has 0 aliphatic rings. The second-order valence-corrected chi connectivity index (χ2v) is 6.01. The van der Waals surface area contributed by atoms with Gasteiger partial charge >= 0.3 is 0 Å². The second kappa shape index (κ2) is 10.1. The Morgan fingerprint density at radius 3 is 1.83 bits per heavy atom. The molecule has 0 fully saturated rings. The van der Waals surface area contributed by atoms with Gasteiger partial charge in [0.1, 0.15) is 10.7 Å². The fourth-order valence-corrected chi connectivity index (χ4v) is 2.03. The van der Waals surface area contributed by atoms with Crippen LogP contribution in [0.25, 0.3) is 0 Å². The van der Waals surface area contributed by atoms with Crippen molar-refractivity contribution in [2.45, 2.75) is 53.4 Å². The van der Waals surface area contributed by atoms with Gasteiger partial charge in [0.25, 0.3) is 0 Å². The van der Waals surface area contributed by atoms with Gasteiger partial charge in [-0.25, -0.2) is 8.42 Å². The molecule has 0 aromatic rings. The average molecular weight is 270 g/mol. The van der Waals surface area contributed by atoms with Crippen LogP contribution < -0.4 is 0 Å². The van der Waals surface area contributed by atoms with Crippen molar-refractivity contribution >= 4 is 10.7 Å². The maximum absolute atomic E-state index is 10.4. The largest absolute Gasteiger partial charge is 0.232 e. The van der Waals surface area contributed by atoms with E-state index in [0.717, 1.165) is 31.3 Å². The van der Waals surface area contributed by atoms with Crippen LogP contribution >= 0.6 is 0 Å². The molecule has 2 nitrogen and oxygen atoms in total. The minimum absolute atomic E-state index is 0.171. The van der Waals surface area contributed by atoms with Gasteiger partial charge in [0, 0.05) is 0 Å². The van der Waals surface area contributed by atoms with Gasteiger partial charge in [0.05, 0.1) is 5.75 Å². The molecular formula is C15H26O2S. The molecule has 0 aromatic heterocycles. The summed E-state index contributed by atoms with van der Waals surface area (Å²) in [7, 11) is -2.27. The SMILES string of the molecule is CC(C)=CCCC(C)=CCCC(C)=CC[SH](=O)=O. The van der Waals surface area contributed by atoms with Crippen LogP contribution in [0.3, 0.4) is 0 Å². The topological polar surface area (TPSA) is 34.1 Å². The second-order valence-electron chi connectivity index (χ2n) is 4.98. The molecule has 0 aliphatic carbocycles. The highest BCUT2D eigenvalue weighted by Gasteiger charge is 1.92. The summed E-state index contributed by atoms with van der Waals surface area (Å²) in [5.41, 5.74) is 3.94. The molecule has 0 amide bonds. The van der Waals surface area contributed by atoms with Crippen LogP contribution in [0.1, 0.15) is 53.4 Å². The molecule has 0 rings (SSSR count). The predicted molar refractivity (Wildman–Crippen MR) is 80.6 cm³/mol. The van der Waals surface area contributed by atoms with E-state index in [2.05, 4.69) is 32.9 Å².